The number of carbonyl (C=O) groups excluding carboxylic acids is 1. The zero-order valence-corrected chi connectivity index (χ0v) is 15.1. The van der Waals surface area contributed by atoms with Crippen LogP contribution in [-0.4, -0.2) is 24.7 Å². The smallest absolute Gasteiger partial charge is 0.315 e. The molecule has 0 bridgehead atoms. The van der Waals surface area contributed by atoms with Crippen LogP contribution in [0, 0.1) is 6.92 Å². The molecule has 2 N–H and O–H groups in total. The highest BCUT2D eigenvalue weighted by Crippen LogP contribution is 2.50. The highest BCUT2D eigenvalue weighted by Gasteiger charge is 2.46. The maximum absolute atomic E-state index is 12.2. The Morgan fingerprint density at radius 2 is 2.17 bits per heavy atom. The lowest BCUT2D eigenvalue weighted by Crippen LogP contribution is -2.40. The van der Waals surface area contributed by atoms with Gasteiger partial charge in [-0.15, -0.1) is 11.3 Å². The summed E-state index contributed by atoms with van der Waals surface area (Å²) in [7, 11) is 1.69. The molecule has 1 aromatic carbocycles. The Balaban J connectivity index is 1.58. The molecule has 24 heavy (non-hydrogen) atoms. The van der Waals surface area contributed by atoms with E-state index in [1.165, 1.54) is 5.56 Å². The van der Waals surface area contributed by atoms with Crippen LogP contribution in [0.2, 0.25) is 0 Å². The Kier molecular flexibility index (Phi) is 4.76. The number of thiazole rings is 1. The van der Waals surface area contributed by atoms with Gasteiger partial charge in [-0.2, -0.15) is 0 Å². The molecular weight excluding hydrogens is 322 g/mol. The lowest BCUT2D eigenvalue weighted by atomic mass is 9.95. The van der Waals surface area contributed by atoms with E-state index in [2.05, 4.69) is 21.7 Å². The van der Waals surface area contributed by atoms with Crippen molar-refractivity contribution in [2.24, 2.45) is 0 Å². The maximum atomic E-state index is 12.2. The molecule has 1 aliphatic rings. The van der Waals surface area contributed by atoms with E-state index in [1.807, 2.05) is 38.2 Å². The van der Waals surface area contributed by atoms with Crippen molar-refractivity contribution in [2.75, 3.05) is 13.7 Å². The maximum Gasteiger partial charge on any atom is 0.315 e. The van der Waals surface area contributed by atoms with Crippen molar-refractivity contribution in [1.29, 1.82) is 0 Å². The monoisotopic (exact) mass is 345 g/mol. The zero-order valence-electron chi connectivity index (χ0n) is 14.3. The number of urea groups is 1. The number of para-hydroxylation sites is 1. The van der Waals surface area contributed by atoms with E-state index >= 15 is 0 Å². The molecule has 2 aromatic rings. The quantitative estimate of drug-likeness (QED) is 0.841. The summed E-state index contributed by atoms with van der Waals surface area (Å²) in [4.78, 5) is 17.7. The average Bonchev–Trinajstić information content (AvgIpc) is 3.26. The third kappa shape index (κ3) is 3.53. The number of methoxy groups -OCH3 is 1. The van der Waals surface area contributed by atoms with Gasteiger partial charge in [0.05, 0.1) is 13.2 Å². The Bertz CT molecular complexity index is 725. The van der Waals surface area contributed by atoms with Crippen molar-refractivity contribution in [3.8, 4) is 5.75 Å². The minimum Gasteiger partial charge on any atom is -0.496 e. The average molecular weight is 345 g/mol. The first-order valence-corrected chi connectivity index (χ1v) is 8.96. The number of amides is 2. The van der Waals surface area contributed by atoms with Gasteiger partial charge in [0, 0.05) is 28.6 Å². The predicted molar refractivity (Wildman–Crippen MR) is 95.7 cm³/mol. The normalized spacial score (nSPS) is 16.3. The van der Waals surface area contributed by atoms with Crippen LogP contribution in [0.3, 0.4) is 0 Å². The molecule has 0 radical (unpaired) electrons. The third-order valence-corrected chi connectivity index (χ3v) is 5.57. The Labute approximate surface area is 146 Å². The van der Waals surface area contributed by atoms with E-state index < -0.39 is 0 Å². The third-order valence-electron chi connectivity index (χ3n) is 4.48. The van der Waals surface area contributed by atoms with Gasteiger partial charge in [-0.3, -0.25) is 0 Å². The summed E-state index contributed by atoms with van der Waals surface area (Å²) in [6.45, 7) is 4.58. The van der Waals surface area contributed by atoms with Crippen molar-refractivity contribution in [3.63, 3.8) is 0 Å². The molecule has 0 aliphatic heterocycles. The Hall–Kier alpha value is -2.08. The topological polar surface area (TPSA) is 63.2 Å². The lowest BCUT2D eigenvalue weighted by Gasteiger charge is -2.20. The first kappa shape index (κ1) is 16.8. The van der Waals surface area contributed by atoms with Gasteiger partial charge in [0.1, 0.15) is 10.8 Å². The molecular formula is C18H23N3O2S. The van der Waals surface area contributed by atoms with Crippen molar-refractivity contribution in [2.45, 2.75) is 38.1 Å². The van der Waals surface area contributed by atoms with Gasteiger partial charge >= 0.3 is 6.03 Å². The summed E-state index contributed by atoms with van der Waals surface area (Å²) in [6, 6.07) is 7.80. The number of nitrogens with zero attached hydrogens (tertiary/aromatic N) is 1. The molecule has 1 atom stereocenters. The summed E-state index contributed by atoms with van der Waals surface area (Å²) < 4.78 is 5.47. The van der Waals surface area contributed by atoms with E-state index in [0.717, 1.165) is 28.5 Å². The molecule has 3 rings (SSSR count). The van der Waals surface area contributed by atoms with Gasteiger partial charge in [0.25, 0.3) is 0 Å². The van der Waals surface area contributed by atoms with Crippen molar-refractivity contribution in [3.05, 3.63) is 45.9 Å². The molecule has 1 fully saturated rings. The molecule has 1 aromatic heterocycles. The standard InChI is InChI=1S/C18H23N3O2S/c1-12-10-19-16(24-12)13(2)21-17(22)20-11-18(8-9-18)14-6-4-5-7-15(14)23-3/h4-7,10,13H,8-9,11H2,1-3H3,(H2,20,21,22)/t13-/m0/s1. The predicted octanol–water partition coefficient (Wildman–Crippen LogP) is 3.55. The van der Waals surface area contributed by atoms with Crippen LogP contribution in [-0.2, 0) is 5.41 Å². The van der Waals surface area contributed by atoms with Crippen LogP contribution in [0.15, 0.2) is 30.5 Å². The highest BCUT2D eigenvalue weighted by molar-refractivity contribution is 7.11. The van der Waals surface area contributed by atoms with Crippen molar-refractivity contribution < 1.29 is 9.53 Å². The fourth-order valence-corrected chi connectivity index (χ4v) is 3.68. The van der Waals surface area contributed by atoms with Crippen LogP contribution >= 0.6 is 11.3 Å². The van der Waals surface area contributed by atoms with Crippen LogP contribution in [0.1, 0.15) is 41.3 Å². The minimum atomic E-state index is -0.156. The summed E-state index contributed by atoms with van der Waals surface area (Å²) in [5, 5.41) is 6.90. The summed E-state index contributed by atoms with van der Waals surface area (Å²) in [6.07, 6.45) is 3.96. The van der Waals surface area contributed by atoms with E-state index in [1.54, 1.807) is 18.4 Å². The molecule has 128 valence electrons. The molecule has 5 nitrogen and oxygen atoms in total. The second-order valence-electron chi connectivity index (χ2n) is 6.34. The van der Waals surface area contributed by atoms with E-state index in [4.69, 9.17) is 4.74 Å². The zero-order chi connectivity index (χ0) is 17.2. The van der Waals surface area contributed by atoms with Crippen LogP contribution in [0.25, 0.3) is 0 Å². The number of hydrogen-bond acceptors (Lipinski definition) is 4. The van der Waals surface area contributed by atoms with E-state index in [0.29, 0.717) is 6.54 Å². The molecule has 0 unspecified atom stereocenters. The first-order chi connectivity index (χ1) is 11.5. The fraction of sp³-hybridized carbons (Fsp3) is 0.444. The van der Waals surface area contributed by atoms with Crippen LogP contribution in [0.5, 0.6) is 5.75 Å². The molecule has 1 heterocycles. The Morgan fingerprint density at radius 3 is 2.79 bits per heavy atom. The fourth-order valence-electron chi connectivity index (χ4n) is 2.91. The second-order valence-corrected chi connectivity index (χ2v) is 7.60. The second kappa shape index (κ2) is 6.81. The minimum absolute atomic E-state index is 0.00491. The van der Waals surface area contributed by atoms with Crippen molar-refractivity contribution in [1.82, 2.24) is 15.6 Å². The number of aromatic nitrogens is 1. The van der Waals surface area contributed by atoms with Gasteiger partial charge in [0.2, 0.25) is 0 Å². The molecule has 0 saturated heterocycles. The van der Waals surface area contributed by atoms with Gasteiger partial charge < -0.3 is 15.4 Å². The van der Waals surface area contributed by atoms with Gasteiger partial charge in [-0.05, 0) is 32.8 Å². The number of hydrogen-bond donors (Lipinski definition) is 2. The first-order valence-electron chi connectivity index (χ1n) is 8.14. The number of benzene rings is 1. The summed E-state index contributed by atoms with van der Waals surface area (Å²) in [5.41, 5.74) is 1.18. The van der Waals surface area contributed by atoms with Gasteiger partial charge in [-0.1, -0.05) is 18.2 Å². The molecule has 0 spiro atoms. The summed E-state index contributed by atoms with van der Waals surface area (Å²) in [5.74, 6) is 0.892. The number of carbonyl (C=O) groups is 1. The summed E-state index contributed by atoms with van der Waals surface area (Å²) >= 11 is 1.61. The van der Waals surface area contributed by atoms with E-state index in [9.17, 15) is 4.79 Å². The Morgan fingerprint density at radius 1 is 1.42 bits per heavy atom. The van der Waals surface area contributed by atoms with E-state index in [-0.39, 0.29) is 17.5 Å². The van der Waals surface area contributed by atoms with Crippen LogP contribution < -0.4 is 15.4 Å². The highest BCUT2D eigenvalue weighted by atomic mass is 32.1. The number of aryl methyl sites for hydroxylation is 1. The molecule has 1 saturated carbocycles. The number of nitrogens with one attached hydrogen (secondary N) is 2. The molecule has 1 aliphatic carbocycles. The van der Waals surface area contributed by atoms with Gasteiger partial charge in [-0.25, -0.2) is 9.78 Å². The number of rotatable bonds is 6. The van der Waals surface area contributed by atoms with Gasteiger partial charge in [0.15, 0.2) is 0 Å². The lowest BCUT2D eigenvalue weighted by molar-refractivity contribution is 0.236. The molecule has 2 amide bonds. The molecule has 6 heteroatoms. The SMILES string of the molecule is COc1ccccc1C1(CNC(=O)N[C@@H](C)c2ncc(C)s2)CC1. The number of ether oxygens (including phenoxy) is 1. The van der Waals surface area contributed by atoms with Crippen molar-refractivity contribution >= 4 is 17.4 Å². The largest absolute Gasteiger partial charge is 0.496 e. The van der Waals surface area contributed by atoms with Crippen LogP contribution in [0.4, 0.5) is 4.79 Å².